The van der Waals surface area contributed by atoms with Crippen molar-refractivity contribution in [2.45, 2.75) is 34.1 Å². The van der Waals surface area contributed by atoms with Crippen molar-refractivity contribution < 1.29 is 0 Å². The van der Waals surface area contributed by atoms with E-state index in [1.807, 2.05) is 13.8 Å². The second-order valence-electron chi connectivity index (χ2n) is 2.45. The molecule has 0 atom stereocenters. The van der Waals surface area contributed by atoms with Crippen molar-refractivity contribution in [3.63, 3.8) is 0 Å². The van der Waals surface area contributed by atoms with E-state index in [4.69, 9.17) is 0 Å². The summed E-state index contributed by atoms with van der Waals surface area (Å²) >= 11 is 0. The van der Waals surface area contributed by atoms with Gasteiger partial charge in [0.1, 0.15) is 0 Å². The highest BCUT2D eigenvalue weighted by atomic mass is 14.0. The molecule has 0 saturated carbocycles. The molecule has 0 heterocycles. The van der Waals surface area contributed by atoms with Crippen molar-refractivity contribution >= 4 is 0 Å². The van der Waals surface area contributed by atoms with E-state index >= 15 is 0 Å². The molecule has 0 nitrogen and oxygen atoms in total. The predicted octanol–water partition coefficient (Wildman–Crippen LogP) is 3.87. The minimum Gasteiger partial charge on any atom is -0.0805 e. The molecule has 0 bridgehead atoms. The predicted molar refractivity (Wildman–Crippen MR) is 52.6 cm³/mol. The van der Waals surface area contributed by atoms with Gasteiger partial charge in [-0.1, -0.05) is 49.3 Å². The Morgan fingerprint density at radius 1 is 1.09 bits per heavy atom. The summed E-state index contributed by atoms with van der Waals surface area (Å²) in [6.45, 7) is 8.33. The molecule has 0 unspecified atom stereocenters. The summed E-state index contributed by atoms with van der Waals surface area (Å²) in [7, 11) is 0. The van der Waals surface area contributed by atoms with Crippen LogP contribution in [-0.2, 0) is 0 Å². The number of rotatable bonds is 0. The molecule has 11 heavy (non-hydrogen) atoms. The fraction of sp³-hybridized carbons (Fsp3) is 0.455. The molecule has 0 N–H and O–H groups in total. The summed E-state index contributed by atoms with van der Waals surface area (Å²) in [6, 6.07) is 0. The van der Waals surface area contributed by atoms with Gasteiger partial charge in [0.25, 0.3) is 0 Å². The van der Waals surface area contributed by atoms with Crippen LogP contribution in [-0.4, -0.2) is 0 Å². The lowest BCUT2D eigenvalue weighted by molar-refractivity contribution is 1.17. The van der Waals surface area contributed by atoms with E-state index in [0.717, 1.165) is 6.42 Å². The van der Waals surface area contributed by atoms with Crippen LogP contribution in [0.3, 0.4) is 0 Å². The van der Waals surface area contributed by atoms with Gasteiger partial charge in [-0.25, -0.2) is 0 Å². The molecule has 0 aromatic heterocycles. The van der Waals surface area contributed by atoms with Crippen LogP contribution in [0, 0.1) is 0 Å². The Bertz CT molecular complexity index is 180. The SMILES string of the molecule is CC.CC1=C(C)CC=CC=C1. The molecule has 0 aliphatic heterocycles. The highest BCUT2D eigenvalue weighted by Gasteiger charge is 1.91. The fourth-order valence-electron chi connectivity index (χ4n) is 0.827. The van der Waals surface area contributed by atoms with Gasteiger partial charge in [0.05, 0.1) is 0 Å². The molecule has 0 aromatic rings. The Morgan fingerprint density at radius 3 is 2.36 bits per heavy atom. The molecule has 1 rings (SSSR count). The van der Waals surface area contributed by atoms with Crippen molar-refractivity contribution in [3.05, 3.63) is 35.5 Å². The van der Waals surface area contributed by atoms with E-state index < -0.39 is 0 Å². The van der Waals surface area contributed by atoms with E-state index in [0.29, 0.717) is 0 Å². The van der Waals surface area contributed by atoms with Crippen molar-refractivity contribution in [1.29, 1.82) is 0 Å². The van der Waals surface area contributed by atoms with Crippen LogP contribution >= 0.6 is 0 Å². The van der Waals surface area contributed by atoms with E-state index in [9.17, 15) is 0 Å². The summed E-state index contributed by atoms with van der Waals surface area (Å²) in [5.74, 6) is 0. The molecule has 0 saturated heterocycles. The molecule has 62 valence electrons. The first-order valence-corrected chi connectivity index (χ1v) is 4.30. The first-order valence-electron chi connectivity index (χ1n) is 4.30. The second kappa shape index (κ2) is 5.96. The molecule has 0 aromatic carbocycles. The van der Waals surface area contributed by atoms with Gasteiger partial charge in [0.2, 0.25) is 0 Å². The number of allylic oxidation sites excluding steroid dienone is 6. The zero-order valence-electron chi connectivity index (χ0n) is 8.02. The lowest BCUT2D eigenvalue weighted by Gasteiger charge is -1.95. The van der Waals surface area contributed by atoms with Crippen molar-refractivity contribution in [2.75, 3.05) is 0 Å². The van der Waals surface area contributed by atoms with Crippen LogP contribution in [0.5, 0.6) is 0 Å². The molecule has 0 spiro atoms. The third kappa shape index (κ3) is 3.82. The van der Waals surface area contributed by atoms with E-state index in [-0.39, 0.29) is 0 Å². The van der Waals surface area contributed by atoms with Gasteiger partial charge >= 0.3 is 0 Å². The van der Waals surface area contributed by atoms with Gasteiger partial charge in [-0.2, -0.15) is 0 Å². The highest BCUT2D eigenvalue weighted by molar-refractivity contribution is 5.29. The van der Waals surface area contributed by atoms with Gasteiger partial charge in [-0.05, 0) is 20.3 Å². The van der Waals surface area contributed by atoms with Crippen LogP contribution in [0.4, 0.5) is 0 Å². The van der Waals surface area contributed by atoms with Gasteiger partial charge in [0, 0.05) is 0 Å². The van der Waals surface area contributed by atoms with Gasteiger partial charge in [-0.3, -0.25) is 0 Å². The first kappa shape index (κ1) is 10.2. The maximum Gasteiger partial charge on any atom is -0.0133 e. The summed E-state index contributed by atoms with van der Waals surface area (Å²) in [4.78, 5) is 0. The Morgan fingerprint density at radius 2 is 1.73 bits per heavy atom. The average molecular weight is 150 g/mol. The molecule has 0 fully saturated rings. The fourth-order valence-corrected chi connectivity index (χ4v) is 0.827. The third-order valence-electron chi connectivity index (χ3n) is 1.69. The largest absolute Gasteiger partial charge is 0.0805 e. The maximum atomic E-state index is 2.18. The topological polar surface area (TPSA) is 0 Å². The van der Waals surface area contributed by atoms with Gasteiger partial charge in [0.15, 0.2) is 0 Å². The molecular weight excluding hydrogens is 132 g/mol. The van der Waals surface area contributed by atoms with Crippen LogP contribution in [0.1, 0.15) is 34.1 Å². The van der Waals surface area contributed by atoms with Crippen LogP contribution < -0.4 is 0 Å². The zero-order chi connectivity index (χ0) is 8.69. The molecule has 1 aliphatic carbocycles. The van der Waals surface area contributed by atoms with Crippen molar-refractivity contribution in [2.24, 2.45) is 0 Å². The molecule has 1 aliphatic rings. The molecule has 0 radical (unpaired) electrons. The lowest BCUT2D eigenvalue weighted by Crippen LogP contribution is -1.75. The molecular formula is C11H18. The third-order valence-corrected chi connectivity index (χ3v) is 1.69. The summed E-state index contributed by atoms with van der Waals surface area (Å²) in [5.41, 5.74) is 2.88. The van der Waals surface area contributed by atoms with Crippen LogP contribution in [0.15, 0.2) is 35.5 Å². The Labute approximate surface area is 70.3 Å². The smallest absolute Gasteiger partial charge is 0.0133 e. The second-order valence-corrected chi connectivity index (χ2v) is 2.45. The van der Waals surface area contributed by atoms with Gasteiger partial charge < -0.3 is 0 Å². The monoisotopic (exact) mass is 150 g/mol. The van der Waals surface area contributed by atoms with E-state index in [1.54, 1.807) is 0 Å². The normalized spacial score (nSPS) is 15.6. The Kier molecular flexibility index (Phi) is 5.54. The maximum absolute atomic E-state index is 2.18. The summed E-state index contributed by atoms with van der Waals surface area (Å²) < 4.78 is 0. The lowest BCUT2D eigenvalue weighted by atomic mass is 10.1. The summed E-state index contributed by atoms with van der Waals surface area (Å²) in [6.07, 6.45) is 9.63. The number of hydrogen-bond acceptors (Lipinski definition) is 0. The molecule has 0 heteroatoms. The quantitative estimate of drug-likeness (QED) is 0.492. The van der Waals surface area contributed by atoms with Crippen LogP contribution in [0.2, 0.25) is 0 Å². The standard InChI is InChI=1S/C9H12.C2H6/c1-8-6-4-3-5-7-9(8)2;1-2/h3-6H,7H2,1-2H3;1-2H3. The Balaban J connectivity index is 0.000000461. The van der Waals surface area contributed by atoms with Crippen LogP contribution in [0.25, 0.3) is 0 Å². The zero-order valence-corrected chi connectivity index (χ0v) is 8.02. The minimum absolute atomic E-state index is 1.11. The summed E-state index contributed by atoms with van der Waals surface area (Å²) in [5, 5.41) is 0. The van der Waals surface area contributed by atoms with Crippen molar-refractivity contribution in [1.82, 2.24) is 0 Å². The molecule has 0 amide bonds. The van der Waals surface area contributed by atoms with Gasteiger partial charge in [-0.15, -0.1) is 0 Å². The van der Waals surface area contributed by atoms with Crippen molar-refractivity contribution in [3.8, 4) is 0 Å². The van der Waals surface area contributed by atoms with E-state index in [2.05, 4.69) is 38.2 Å². The first-order chi connectivity index (χ1) is 5.30. The highest BCUT2D eigenvalue weighted by Crippen LogP contribution is 2.12. The Hall–Kier alpha value is -0.780. The van der Waals surface area contributed by atoms with E-state index in [1.165, 1.54) is 11.1 Å². The average Bonchev–Trinajstić information content (AvgIpc) is 2.22. The minimum atomic E-state index is 1.11. The number of hydrogen-bond donors (Lipinski definition) is 0.